The Labute approximate surface area is 119 Å². The van der Waals surface area contributed by atoms with Gasteiger partial charge in [-0.2, -0.15) is 4.31 Å². The van der Waals surface area contributed by atoms with Crippen molar-refractivity contribution in [3.8, 4) is 0 Å². The third-order valence-electron chi connectivity index (χ3n) is 3.65. The van der Waals surface area contributed by atoms with Gasteiger partial charge >= 0.3 is 0 Å². The number of halogens is 1. The molecule has 0 bridgehead atoms. The molecule has 0 saturated carbocycles. The summed E-state index contributed by atoms with van der Waals surface area (Å²) < 4.78 is 26.9. The number of hydrogen-bond donors (Lipinski definition) is 1. The molecule has 1 aromatic carbocycles. The van der Waals surface area contributed by atoms with E-state index in [4.69, 9.17) is 11.6 Å². The van der Waals surface area contributed by atoms with Crippen LogP contribution in [-0.4, -0.2) is 37.9 Å². The van der Waals surface area contributed by atoms with Crippen LogP contribution in [0.3, 0.4) is 0 Å². The Morgan fingerprint density at radius 3 is 2.68 bits per heavy atom. The van der Waals surface area contributed by atoms with Crippen LogP contribution in [-0.2, 0) is 10.0 Å². The van der Waals surface area contributed by atoms with Crippen molar-refractivity contribution in [1.29, 1.82) is 0 Å². The third kappa shape index (κ3) is 2.79. The first kappa shape index (κ1) is 14.8. The summed E-state index contributed by atoms with van der Waals surface area (Å²) in [4.78, 5) is 0.195. The normalized spacial score (nSPS) is 25.5. The highest BCUT2D eigenvalue weighted by molar-refractivity contribution is 7.89. The molecule has 2 unspecified atom stereocenters. The molecule has 1 saturated heterocycles. The van der Waals surface area contributed by atoms with E-state index < -0.39 is 10.0 Å². The second kappa shape index (κ2) is 5.40. The Morgan fingerprint density at radius 1 is 1.37 bits per heavy atom. The molecule has 1 aliphatic heterocycles. The van der Waals surface area contributed by atoms with Crippen molar-refractivity contribution in [3.05, 3.63) is 28.8 Å². The van der Waals surface area contributed by atoms with Gasteiger partial charge in [-0.3, -0.25) is 0 Å². The fraction of sp³-hybridized carbons (Fsp3) is 0.538. The summed E-state index contributed by atoms with van der Waals surface area (Å²) in [6.45, 7) is 6.92. The van der Waals surface area contributed by atoms with Crippen molar-refractivity contribution in [1.82, 2.24) is 9.62 Å². The highest BCUT2D eigenvalue weighted by Crippen LogP contribution is 2.28. The summed E-state index contributed by atoms with van der Waals surface area (Å²) in [5.41, 5.74) is 0.950. The summed E-state index contributed by atoms with van der Waals surface area (Å²) in [6, 6.07) is 5.09. The average molecular weight is 303 g/mol. The van der Waals surface area contributed by atoms with Crippen LogP contribution in [0.2, 0.25) is 5.02 Å². The first-order valence-corrected chi connectivity index (χ1v) is 8.17. The lowest BCUT2D eigenvalue weighted by Gasteiger charge is -2.37. The maximum Gasteiger partial charge on any atom is 0.244 e. The van der Waals surface area contributed by atoms with Gasteiger partial charge in [0.05, 0.1) is 5.02 Å². The molecule has 0 radical (unpaired) electrons. The average Bonchev–Trinajstić information content (AvgIpc) is 2.31. The van der Waals surface area contributed by atoms with Crippen molar-refractivity contribution in [2.75, 3.05) is 13.1 Å². The number of rotatable bonds is 2. The lowest BCUT2D eigenvalue weighted by molar-refractivity contribution is 0.233. The molecule has 1 heterocycles. The molecule has 6 heteroatoms. The molecule has 0 amide bonds. The number of benzene rings is 1. The Hall–Kier alpha value is -0.620. The first-order chi connectivity index (χ1) is 8.84. The fourth-order valence-corrected chi connectivity index (χ4v) is 4.58. The number of piperazine rings is 1. The van der Waals surface area contributed by atoms with Gasteiger partial charge < -0.3 is 5.32 Å². The van der Waals surface area contributed by atoms with Crippen molar-refractivity contribution < 1.29 is 8.42 Å². The van der Waals surface area contributed by atoms with Gasteiger partial charge in [0.2, 0.25) is 10.0 Å². The van der Waals surface area contributed by atoms with E-state index in [0.29, 0.717) is 18.1 Å². The molecule has 1 N–H and O–H groups in total. The van der Waals surface area contributed by atoms with Gasteiger partial charge in [-0.25, -0.2) is 8.42 Å². The maximum absolute atomic E-state index is 12.7. The number of aryl methyl sites for hydroxylation is 1. The van der Waals surface area contributed by atoms with E-state index in [1.54, 1.807) is 18.2 Å². The Bertz CT molecular complexity index is 574. The summed E-state index contributed by atoms with van der Waals surface area (Å²) >= 11 is 6.10. The van der Waals surface area contributed by atoms with Crippen molar-refractivity contribution in [2.45, 2.75) is 37.8 Å². The topological polar surface area (TPSA) is 49.4 Å². The molecule has 0 aromatic heterocycles. The van der Waals surface area contributed by atoms with E-state index in [1.165, 1.54) is 4.31 Å². The van der Waals surface area contributed by atoms with E-state index in [-0.39, 0.29) is 17.0 Å². The van der Waals surface area contributed by atoms with E-state index in [2.05, 4.69) is 5.32 Å². The number of nitrogens with one attached hydrogen (secondary N) is 1. The van der Waals surface area contributed by atoms with Crippen LogP contribution < -0.4 is 5.32 Å². The molecule has 2 rings (SSSR count). The van der Waals surface area contributed by atoms with Crippen LogP contribution in [0.25, 0.3) is 0 Å². The first-order valence-electron chi connectivity index (χ1n) is 6.35. The standard InChI is InChI=1S/C13H19ClN2O2S/c1-9-4-5-13(12(14)8-9)19(17,18)16-7-6-15-10(2)11(16)3/h4-5,8,10-11,15H,6-7H2,1-3H3. The molecule has 19 heavy (non-hydrogen) atoms. The van der Waals surface area contributed by atoms with Crippen molar-refractivity contribution in [3.63, 3.8) is 0 Å². The van der Waals surface area contributed by atoms with Crippen LogP contribution in [0.15, 0.2) is 23.1 Å². The maximum atomic E-state index is 12.7. The van der Waals surface area contributed by atoms with Gasteiger partial charge in [-0.15, -0.1) is 0 Å². The summed E-state index contributed by atoms with van der Waals surface area (Å²) in [7, 11) is -3.53. The zero-order chi connectivity index (χ0) is 14.2. The van der Waals surface area contributed by atoms with Gasteiger partial charge in [0.1, 0.15) is 4.90 Å². The van der Waals surface area contributed by atoms with Gasteiger partial charge in [0, 0.05) is 25.2 Å². The molecular weight excluding hydrogens is 284 g/mol. The lowest BCUT2D eigenvalue weighted by Crippen LogP contribution is -2.57. The molecule has 1 fully saturated rings. The van der Waals surface area contributed by atoms with Crippen molar-refractivity contribution >= 4 is 21.6 Å². The minimum Gasteiger partial charge on any atom is -0.311 e. The van der Waals surface area contributed by atoms with E-state index in [0.717, 1.165) is 5.56 Å². The third-order valence-corrected chi connectivity index (χ3v) is 6.12. The van der Waals surface area contributed by atoms with Crippen LogP contribution >= 0.6 is 11.6 Å². The molecule has 106 valence electrons. The lowest BCUT2D eigenvalue weighted by atomic mass is 10.1. The minimum atomic E-state index is -3.53. The fourth-order valence-electron chi connectivity index (χ4n) is 2.31. The Kier molecular flexibility index (Phi) is 4.20. The highest BCUT2D eigenvalue weighted by Gasteiger charge is 2.35. The second-order valence-electron chi connectivity index (χ2n) is 5.03. The highest BCUT2D eigenvalue weighted by atomic mass is 35.5. The second-order valence-corrected chi connectivity index (χ2v) is 7.30. The molecule has 4 nitrogen and oxygen atoms in total. The summed E-state index contributed by atoms with van der Waals surface area (Å²) in [5.74, 6) is 0. The molecule has 0 aliphatic carbocycles. The monoisotopic (exact) mass is 302 g/mol. The van der Waals surface area contributed by atoms with E-state index in [1.807, 2.05) is 20.8 Å². The Morgan fingerprint density at radius 2 is 2.05 bits per heavy atom. The Balaban J connectivity index is 2.41. The summed E-state index contributed by atoms with van der Waals surface area (Å²) in [5, 5.41) is 3.56. The smallest absolute Gasteiger partial charge is 0.244 e. The zero-order valence-electron chi connectivity index (χ0n) is 11.4. The van der Waals surface area contributed by atoms with E-state index >= 15 is 0 Å². The van der Waals surface area contributed by atoms with Gasteiger partial charge in [0.15, 0.2) is 0 Å². The molecule has 1 aliphatic rings. The van der Waals surface area contributed by atoms with Gasteiger partial charge in [-0.1, -0.05) is 17.7 Å². The van der Waals surface area contributed by atoms with Crippen LogP contribution in [0, 0.1) is 6.92 Å². The van der Waals surface area contributed by atoms with Crippen LogP contribution in [0.4, 0.5) is 0 Å². The number of hydrogen-bond acceptors (Lipinski definition) is 3. The largest absolute Gasteiger partial charge is 0.311 e. The minimum absolute atomic E-state index is 0.0869. The summed E-state index contributed by atoms with van der Waals surface area (Å²) in [6.07, 6.45) is 0. The predicted molar refractivity (Wildman–Crippen MR) is 77.0 cm³/mol. The SMILES string of the molecule is Cc1ccc(S(=O)(=O)N2CCNC(C)C2C)c(Cl)c1. The molecule has 1 aromatic rings. The predicted octanol–water partition coefficient (Wildman–Crippen LogP) is 2.02. The van der Waals surface area contributed by atoms with Gasteiger partial charge in [-0.05, 0) is 38.5 Å². The van der Waals surface area contributed by atoms with Crippen LogP contribution in [0.5, 0.6) is 0 Å². The zero-order valence-corrected chi connectivity index (χ0v) is 12.9. The molecular formula is C13H19ClN2O2S. The quantitative estimate of drug-likeness (QED) is 0.909. The number of nitrogens with zero attached hydrogens (tertiary/aromatic N) is 1. The number of sulfonamides is 1. The van der Waals surface area contributed by atoms with Crippen LogP contribution in [0.1, 0.15) is 19.4 Å². The van der Waals surface area contributed by atoms with Crippen molar-refractivity contribution in [2.24, 2.45) is 0 Å². The molecule has 0 spiro atoms. The molecule has 2 atom stereocenters. The van der Waals surface area contributed by atoms with Gasteiger partial charge in [0.25, 0.3) is 0 Å². The van der Waals surface area contributed by atoms with E-state index in [9.17, 15) is 8.42 Å².